The summed E-state index contributed by atoms with van der Waals surface area (Å²) in [5.41, 5.74) is 1.63. The standard InChI is InChI=1S/C41H56F2N10O6/c1-22(2)11-32(46-35(56)16-44-5)40(58)50-20-28(54)14-26(50)18-52-33-9-7-24(42)12-30(33)47-38(52)39-48-31-13-25(43)8-10-34(31)53(39)19-27-15-29(55)21-51(27)41(59)37(23(3)4)49-36(57)17-45-6/h7-10,12-13,22-23,26-29,32,37,44-45,54-55H,11,14-21H2,1-6H3,(H,46,56)(H,49,57). The third kappa shape index (κ3) is 9.72. The summed E-state index contributed by atoms with van der Waals surface area (Å²) in [6.07, 6.45) is -0.904. The van der Waals surface area contributed by atoms with Gasteiger partial charge in [-0.15, -0.1) is 0 Å². The van der Waals surface area contributed by atoms with Crippen molar-refractivity contribution < 1.29 is 38.2 Å². The van der Waals surface area contributed by atoms with Crippen molar-refractivity contribution in [2.24, 2.45) is 11.8 Å². The van der Waals surface area contributed by atoms with E-state index in [-0.39, 0.29) is 99.2 Å². The Morgan fingerprint density at radius 1 is 0.729 bits per heavy atom. The molecule has 0 saturated carbocycles. The summed E-state index contributed by atoms with van der Waals surface area (Å²) in [4.78, 5) is 66.5. The van der Waals surface area contributed by atoms with Gasteiger partial charge in [-0.1, -0.05) is 27.7 Å². The van der Waals surface area contributed by atoms with Crippen LogP contribution in [0.25, 0.3) is 33.7 Å². The fraction of sp³-hybridized carbons (Fsp3) is 0.561. The summed E-state index contributed by atoms with van der Waals surface area (Å²) in [7, 11) is 3.27. The van der Waals surface area contributed by atoms with Crippen LogP contribution in [0.1, 0.15) is 47.0 Å². The Kier molecular flexibility index (Phi) is 13.6. The molecule has 320 valence electrons. The second-order valence-corrected chi connectivity index (χ2v) is 16.5. The number of aliphatic hydroxyl groups is 2. The Hall–Kier alpha value is -5.04. The number of carbonyl (C=O) groups is 4. The van der Waals surface area contributed by atoms with Gasteiger partial charge in [0, 0.05) is 38.3 Å². The highest BCUT2D eigenvalue weighted by atomic mass is 19.1. The molecule has 2 aromatic heterocycles. The van der Waals surface area contributed by atoms with Crippen LogP contribution in [0.2, 0.25) is 0 Å². The van der Waals surface area contributed by atoms with Crippen LogP contribution in [0.3, 0.4) is 0 Å². The van der Waals surface area contributed by atoms with Crippen molar-refractivity contribution in [2.45, 2.75) is 96.4 Å². The Labute approximate surface area is 341 Å². The zero-order valence-electron chi connectivity index (χ0n) is 34.4. The van der Waals surface area contributed by atoms with E-state index in [1.165, 1.54) is 24.3 Å². The number of rotatable bonds is 16. The molecule has 4 heterocycles. The molecule has 6 rings (SSSR count). The summed E-state index contributed by atoms with van der Waals surface area (Å²) in [6, 6.07) is 5.47. The van der Waals surface area contributed by atoms with E-state index in [2.05, 4.69) is 21.3 Å². The smallest absolute Gasteiger partial charge is 0.245 e. The molecule has 4 aromatic rings. The van der Waals surface area contributed by atoms with Crippen LogP contribution in [0.15, 0.2) is 36.4 Å². The average molecular weight is 823 g/mol. The highest BCUT2D eigenvalue weighted by Crippen LogP contribution is 2.33. The monoisotopic (exact) mass is 822 g/mol. The summed E-state index contributed by atoms with van der Waals surface area (Å²) >= 11 is 0. The quantitative estimate of drug-likeness (QED) is 0.0960. The fourth-order valence-electron chi connectivity index (χ4n) is 8.38. The molecule has 6 N–H and O–H groups in total. The number of aliphatic hydroxyl groups excluding tert-OH is 2. The van der Waals surface area contributed by atoms with Gasteiger partial charge >= 0.3 is 0 Å². The minimum atomic E-state index is -0.861. The number of carbonyl (C=O) groups excluding carboxylic acids is 4. The van der Waals surface area contributed by atoms with Crippen molar-refractivity contribution in [3.63, 3.8) is 0 Å². The van der Waals surface area contributed by atoms with Crippen LogP contribution in [0, 0.1) is 23.5 Å². The van der Waals surface area contributed by atoms with Gasteiger partial charge < -0.3 is 50.4 Å². The Morgan fingerprint density at radius 2 is 1.19 bits per heavy atom. The third-order valence-electron chi connectivity index (χ3n) is 11.0. The van der Waals surface area contributed by atoms with Gasteiger partial charge in [-0.3, -0.25) is 19.2 Å². The second-order valence-electron chi connectivity index (χ2n) is 16.5. The van der Waals surface area contributed by atoms with Gasteiger partial charge in [-0.25, -0.2) is 18.7 Å². The predicted molar refractivity (Wildman–Crippen MR) is 217 cm³/mol. The number of benzene rings is 2. The van der Waals surface area contributed by atoms with Crippen molar-refractivity contribution >= 4 is 45.7 Å². The fourth-order valence-corrected chi connectivity index (χ4v) is 8.38. The lowest BCUT2D eigenvalue weighted by atomic mass is 10.0. The van der Waals surface area contributed by atoms with E-state index in [1.54, 1.807) is 45.2 Å². The number of imidazole rings is 2. The first kappa shape index (κ1) is 43.5. The number of nitrogens with one attached hydrogen (secondary N) is 4. The van der Waals surface area contributed by atoms with E-state index in [0.29, 0.717) is 28.5 Å². The van der Waals surface area contributed by atoms with Crippen LogP contribution < -0.4 is 21.3 Å². The topological polar surface area (TPSA) is 199 Å². The van der Waals surface area contributed by atoms with Crippen molar-refractivity contribution in [2.75, 3.05) is 40.3 Å². The SMILES string of the molecule is CNCC(=O)NC(CC(C)C)C(=O)N1CC(O)CC1Cn1c(-c2nc3cc(F)ccc3n2CC2CC(O)CN2C(=O)C(NC(=O)CNC)C(C)C)nc2cc(F)ccc21. The maximum Gasteiger partial charge on any atom is 0.245 e. The van der Waals surface area contributed by atoms with Crippen molar-refractivity contribution in [1.29, 1.82) is 0 Å². The Balaban J connectivity index is 1.41. The van der Waals surface area contributed by atoms with Gasteiger partial charge in [-0.05, 0) is 69.5 Å². The van der Waals surface area contributed by atoms with Crippen LogP contribution in [0.4, 0.5) is 8.78 Å². The molecule has 2 aliphatic heterocycles. The van der Waals surface area contributed by atoms with Gasteiger partial charge in [0.05, 0.1) is 59.4 Å². The molecule has 0 bridgehead atoms. The maximum absolute atomic E-state index is 14.8. The number of likely N-dealkylation sites (tertiary alicyclic amines) is 2. The first-order chi connectivity index (χ1) is 28.1. The van der Waals surface area contributed by atoms with Crippen molar-refractivity contribution in [3.05, 3.63) is 48.0 Å². The van der Waals surface area contributed by atoms with Crippen molar-refractivity contribution in [3.8, 4) is 11.6 Å². The van der Waals surface area contributed by atoms with Gasteiger partial charge in [0.25, 0.3) is 0 Å². The molecule has 6 unspecified atom stereocenters. The van der Waals surface area contributed by atoms with Gasteiger partial charge in [-0.2, -0.15) is 0 Å². The normalized spacial score (nSPS) is 20.6. The summed E-state index contributed by atoms with van der Waals surface area (Å²) in [5.74, 6) is -2.08. The number of hydrogen-bond donors (Lipinski definition) is 6. The molecule has 2 aliphatic rings. The maximum atomic E-state index is 14.8. The van der Waals surface area contributed by atoms with Crippen LogP contribution >= 0.6 is 0 Å². The molecule has 2 aromatic carbocycles. The molecular formula is C41H56F2N10O6. The highest BCUT2D eigenvalue weighted by Gasteiger charge is 2.41. The molecule has 0 spiro atoms. The van der Waals surface area contributed by atoms with E-state index in [4.69, 9.17) is 9.97 Å². The number of amides is 4. The Morgan fingerprint density at radius 3 is 1.63 bits per heavy atom. The molecule has 6 atom stereocenters. The van der Waals surface area contributed by atoms with Gasteiger partial charge in [0.15, 0.2) is 11.6 Å². The van der Waals surface area contributed by atoms with Crippen LogP contribution in [0.5, 0.6) is 0 Å². The zero-order valence-corrected chi connectivity index (χ0v) is 34.4. The number of nitrogens with zero attached hydrogens (tertiary/aromatic N) is 6. The van der Waals surface area contributed by atoms with Crippen LogP contribution in [-0.4, -0.2) is 139 Å². The summed E-state index contributed by atoms with van der Waals surface area (Å²) < 4.78 is 33.2. The number of halogens is 2. The number of β-amino-alcohol motifs (C(OH)–C–C–N with tert-alkyl or cyclic N) is 2. The molecule has 0 radical (unpaired) electrons. The minimum Gasteiger partial charge on any atom is -0.391 e. The van der Waals surface area contributed by atoms with E-state index in [9.17, 15) is 38.2 Å². The van der Waals surface area contributed by atoms with Gasteiger partial charge in [0.1, 0.15) is 23.7 Å². The molecule has 16 nitrogen and oxygen atoms in total. The number of fused-ring (bicyclic) bond motifs is 2. The van der Waals surface area contributed by atoms with Gasteiger partial charge in [0.2, 0.25) is 23.6 Å². The lowest BCUT2D eigenvalue weighted by Crippen LogP contribution is -2.54. The molecule has 4 amide bonds. The van der Waals surface area contributed by atoms with Crippen LogP contribution in [-0.2, 0) is 32.3 Å². The number of hydrogen-bond acceptors (Lipinski definition) is 10. The molecule has 0 aliphatic carbocycles. The molecule has 2 saturated heterocycles. The van der Waals surface area contributed by atoms with E-state index in [1.807, 2.05) is 27.7 Å². The number of likely N-dealkylation sites (N-methyl/N-ethyl adjacent to an activating group) is 2. The molecular weight excluding hydrogens is 767 g/mol. The predicted octanol–water partition coefficient (Wildman–Crippen LogP) is 1.37. The largest absolute Gasteiger partial charge is 0.391 e. The Bertz CT molecular complexity index is 2170. The first-order valence-electron chi connectivity index (χ1n) is 20.2. The lowest BCUT2D eigenvalue weighted by Gasteiger charge is -2.31. The molecule has 2 fully saturated rings. The average Bonchev–Trinajstić information content (AvgIpc) is 3.92. The van der Waals surface area contributed by atoms with E-state index in [0.717, 1.165) is 0 Å². The minimum absolute atomic E-state index is 0.0197. The second kappa shape index (κ2) is 18.5. The van der Waals surface area contributed by atoms with E-state index < -0.39 is 48.0 Å². The molecule has 18 heteroatoms. The first-order valence-corrected chi connectivity index (χ1v) is 20.2. The molecule has 59 heavy (non-hydrogen) atoms. The summed E-state index contributed by atoms with van der Waals surface area (Å²) in [6.45, 7) is 7.88. The highest BCUT2D eigenvalue weighted by molar-refractivity contribution is 5.90. The van der Waals surface area contributed by atoms with E-state index >= 15 is 0 Å². The third-order valence-corrected chi connectivity index (χ3v) is 11.0. The zero-order chi connectivity index (χ0) is 42.7. The number of aromatic nitrogens is 4. The lowest BCUT2D eigenvalue weighted by molar-refractivity contribution is -0.138. The van der Waals surface area contributed by atoms with Crippen molar-refractivity contribution in [1.82, 2.24) is 50.2 Å². The summed E-state index contributed by atoms with van der Waals surface area (Å²) in [5, 5.41) is 33.2.